The van der Waals surface area contributed by atoms with E-state index in [4.69, 9.17) is 11.6 Å². The molecule has 0 radical (unpaired) electrons. The molecule has 0 N–H and O–H groups in total. The maximum Gasteiger partial charge on any atom is 0.330 e. The molecule has 7 heteroatoms. The van der Waals surface area contributed by atoms with Gasteiger partial charge in [0.05, 0.1) is 4.92 Å². The first kappa shape index (κ1) is 13.8. The van der Waals surface area contributed by atoms with Gasteiger partial charge in [-0.2, -0.15) is 4.98 Å². The van der Waals surface area contributed by atoms with Gasteiger partial charge in [0.1, 0.15) is 6.20 Å². The number of nitrogens with zero attached hydrogens (tertiary/aromatic N) is 4. The molecule has 1 aliphatic rings. The SMILES string of the molecule is CC1Cc2ccccc2N(c2nc(Cl)ncc2[N+](=O)[O-])C1. The van der Waals surface area contributed by atoms with Crippen LogP contribution >= 0.6 is 11.6 Å². The average Bonchev–Trinajstić information content (AvgIpc) is 2.45. The van der Waals surface area contributed by atoms with Gasteiger partial charge in [0.15, 0.2) is 0 Å². The number of para-hydroxylation sites is 1. The molecule has 1 aromatic carbocycles. The van der Waals surface area contributed by atoms with E-state index in [1.54, 1.807) is 0 Å². The van der Waals surface area contributed by atoms with Gasteiger partial charge in [-0.25, -0.2) is 4.98 Å². The molecule has 0 spiro atoms. The zero-order valence-electron chi connectivity index (χ0n) is 11.4. The third kappa shape index (κ3) is 2.54. The topological polar surface area (TPSA) is 72.2 Å². The van der Waals surface area contributed by atoms with Gasteiger partial charge in [0.25, 0.3) is 0 Å². The van der Waals surface area contributed by atoms with Crippen molar-refractivity contribution in [1.29, 1.82) is 0 Å². The summed E-state index contributed by atoms with van der Waals surface area (Å²) in [5.41, 5.74) is 1.96. The molecule has 2 heterocycles. The third-order valence-corrected chi connectivity index (χ3v) is 3.70. The van der Waals surface area contributed by atoms with E-state index in [-0.39, 0.29) is 16.8 Å². The number of benzene rings is 1. The molecular formula is C14H13ClN4O2. The van der Waals surface area contributed by atoms with Gasteiger partial charge < -0.3 is 4.90 Å². The summed E-state index contributed by atoms with van der Waals surface area (Å²) in [7, 11) is 0. The Morgan fingerprint density at radius 3 is 2.95 bits per heavy atom. The highest BCUT2D eigenvalue weighted by atomic mass is 35.5. The number of nitro groups is 1. The van der Waals surface area contributed by atoms with Crippen LogP contribution in [0.2, 0.25) is 5.28 Å². The molecule has 0 bridgehead atoms. The number of anilines is 2. The molecular weight excluding hydrogens is 292 g/mol. The lowest BCUT2D eigenvalue weighted by Gasteiger charge is -2.33. The van der Waals surface area contributed by atoms with Gasteiger partial charge in [-0.3, -0.25) is 10.1 Å². The Morgan fingerprint density at radius 1 is 1.43 bits per heavy atom. The summed E-state index contributed by atoms with van der Waals surface area (Å²) in [5, 5.41) is 11.2. The van der Waals surface area contributed by atoms with Crippen molar-refractivity contribution in [2.75, 3.05) is 11.4 Å². The van der Waals surface area contributed by atoms with Crippen molar-refractivity contribution in [3.8, 4) is 0 Å². The molecule has 6 nitrogen and oxygen atoms in total. The van der Waals surface area contributed by atoms with Crippen LogP contribution in [0.5, 0.6) is 0 Å². The molecule has 1 unspecified atom stereocenters. The fourth-order valence-corrected chi connectivity index (χ4v) is 2.80. The largest absolute Gasteiger partial charge is 0.330 e. The Bertz CT molecular complexity index is 707. The Morgan fingerprint density at radius 2 is 2.19 bits per heavy atom. The van der Waals surface area contributed by atoms with Crippen molar-refractivity contribution < 1.29 is 4.92 Å². The molecule has 0 aliphatic carbocycles. The zero-order valence-corrected chi connectivity index (χ0v) is 12.1. The molecule has 21 heavy (non-hydrogen) atoms. The summed E-state index contributed by atoms with van der Waals surface area (Å²) in [4.78, 5) is 20.4. The summed E-state index contributed by atoms with van der Waals surface area (Å²) in [6.07, 6.45) is 2.10. The highest BCUT2D eigenvalue weighted by Crippen LogP contribution is 2.38. The van der Waals surface area contributed by atoms with E-state index in [1.807, 2.05) is 29.2 Å². The van der Waals surface area contributed by atoms with Crippen LogP contribution in [-0.4, -0.2) is 21.4 Å². The van der Waals surface area contributed by atoms with Gasteiger partial charge in [-0.05, 0) is 35.6 Å². The molecule has 0 amide bonds. The number of halogens is 1. The maximum absolute atomic E-state index is 11.2. The van der Waals surface area contributed by atoms with Crippen molar-refractivity contribution in [1.82, 2.24) is 9.97 Å². The standard InChI is InChI=1S/C14H13ClN4O2/c1-9-6-10-4-2-3-5-11(10)18(8-9)13-12(19(20)21)7-16-14(15)17-13/h2-5,7,9H,6,8H2,1H3. The fraction of sp³-hybridized carbons (Fsp3) is 0.286. The van der Waals surface area contributed by atoms with Gasteiger partial charge in [0.2, 0.25) is 11.1 Å². The zero-order chi connectivity index (χ0) is 15.0. The van der Waals surface area contributed by atoms with Gasteiger partial charge in [0, 0.05) is 12.2 Å². The van der Waals surface area contributed by atoms with Crippen LogP contribution < -0.4 is 4.90 Å². The third-order valence-electron chi connectivity index (χ3n) is 3.52. The fourth-order valence-electron chi connectivity index (χ4n) is 2.67. The lowest BCUT2D eigenvalue weighted by molar-refractivity contribution is -0.384. The van der Waals surface area contributed by atoms with E-state index in [9.17, 15) is 10.1 Å². The number of hydrogen-bond donors (Lipinski definition) is 0. The van der Waals surface area contributed by atoms with Crippen molar-refractivity contribution in [2.45, 2.75) is 13.3 Å². The summed E-state index contributed by atoms with van der Waals surface area (Å²) in [5.74, 6) is 0.618. The monoisotopic (exact) mass is 304 g/mol. The van der Waals surface area contributed by atoms with Gasteiger partial charge >= 0.3 is 5.69 Å². The molecule has 3 rings (SSSR count). The predicted molar refractivity (Wildman–Crippen MR) is 80.0 cm³/mol. The minimum atomic E-state index is -0.479. The second-order valence-electron chi connectivity index (χ2n) is 5.15. The van der Waals surface area contributed by atoms with E-state index < -0.39 is 4.92 Å². The molecule has 1 aliphatic heterocycles. The maximum atomic E-state index is 11.2. The van der Waals surface area contributed by atoms with Crippen LogP contribution in [0.4, 0.5) is 17.2 Å². The minimum absolute atomic E-state index is 0.00584. The first-order valence-corrected chi connectivity index (χ1v) is 6.96. The Hall–Kier alpha value is -2.21. The average molecular weight is 305 g/mol. The summed E-state index contributed by atoms with van der Waals surface area (Å²) in [6, 6.07) is 7.86. The van der Waals surface area contributed by atoms with E-state index in [0.29, 0.717) is 12.5 Å². The minimum Gasteiger partial charge on any atom is -0.320 e. The van der Waals surface area contributed by atoms with Crippen LogP contribution in [0, 0.1) is 16.0 Å². The molecule has 0 fully saturated rings. The van der Waals surface area contributed by atoms with Crippen molar-refractivity contribution in [3.05, 3.63) is 51.4 Å². The normalized spacial score (nSPS) is 17.4. The highest BCUT2D eigenvalue weighted by Gasteiger charge is 2.29. The molecule has 108 valence electrons. The Balaban J connectivity index is 2.17. The van der Waals surface area contributed by atoms with Crippen LogP contribution in [0.25, 0.3) is 0 Å². The van der Waals surface area contributed by atoms with Crippen molar-refractivity contribution >= 4 is 28.8 Å². The van der Waals surface area contributed by atoms with E-state index >= 15 is 0 Å². The number of rotatable bonds is 2. The second-order valence-corrected chi connectivity index (χ2v) is 5.49. The summed E-state index contributed by atoms with van der Waals surface area (Å²) < 4.78 is 0. The smallest absolute Gasteiger partial charge is 0.320 e. The highest BCUT2D eigenvalue weighted by molar-refractivity contribution is 6.28. The lowest BCUT2D eigenvalue weighted by atomic mass is 9.94. The summed E-state index contributed by atoms with van der Waals surface area (Å²) in [6.45, 7) is 2.77. The lowest BCUT2D eigenvalue weighted by Crippen LogP contribution is -2.31. The van der Waals surface area contributed by atoms with E-state index in [1.165, 1.54) is 0 Å². The first-order chi connectivity index (χ1) is 10.1. The molecule has 1 atom stereocenters. The Kier molecular flexibility index (Phi) is 3.47. The molecule has 2 aromatic rings. The number of hydrogen-bond acceptors (Lipinski definition) is 5. The molecule has 0 saturated heterocycles. The first-order valence-electron chi connectivity index (χ1n) is 6.58. The van der Waals surface area contributed by atoms with Gasteiger partial charge in [-0.15, -0.1) is 0 Å². The van der Waals surface area contributed by atoms with Gasteiger partial charge in [-0.1, -0.05) is 25.1 Å². The van der Waals surface area contributed by atoms with E-state index in [0.717, 1.165) is 23.9 Å². The molecule has 0 saturated carbocycles. The van der Waals surface area contributed by atoms with Crippen LogP contribution in [-0.2, 0) is 6.42 Å². The second kappa shape index (κ2) is 5.29. The number of fused-ring (bicyclic) bond motifs is 1. The van der Waals surface area contributed by atoms with Crippen LogP contribution in [0.1, 0.15) is 12.5 Å². The van der Waals surface area contributed by atoms with Crippen LogP contribution in [0.3, 0.4) is 0 Å². The quantitative estimate of drug-likeness (QED) is 0.483. The van der Waals surface area contributed by atoms with Crippen molar-refractivity contribution in [2.24, 2.45) is 5.92 Å². The van der Waals surface area contributed by atoms with E-state index in [2.05, 4.69) is 16.9 Å². The number of aromatic nitrogens is 2. The Labute approximate surface area is 126 Å². The predicted octanol–water partition coefficient (Wildman–Crippen LogP) is 3.37. The van der Waals surface area contributed by atoms with Crippen molar-refractivity contribution in [3.63, 3.8) is 0 Å². The molecule has 1 aromatic heterocycles. The van der Waals surface area contributed by atoms with Crippen LogP contribution in [0.15, 0.2) is 30.5 Å². The summed E-state index contributed by atoms with van der Waals surface area (Å²) >= 11 is 5.83.